The highest BCUT2D eigenvalue weighted by Crippen LogP contribution is 2.38. The van der Waals surface area contributed by atoms with Crippen molar-refractivity contribution in [2.24, 2.45) is 17.6 Å². The number of hydrogen-bond acceptors (Lipinski definition) is 12. The maximum absolute atomic E-state index is 12.9. The first-order valence-electron chi connectivity index (χ1n) is 14.6. The van der Waals surface area contributed by atoms with E-state index in [9.17, 15) is 20.1 Å². The number of carbonyl (C=O) groups is 1. The Labute approximate surface area is 245 Å². The van der Waals surface area contributed by atoms with Gasteiger partial charge in [-0.05, 0) is 68.5 Å². The smallest absolute Gasteiger partial charge is 0.311 e. The van der Waals surface area contributed by atoms with Crippen LogP contribution in [0.2, 0.25) is 0 Å². The molecule has 5 N–H and O–H groups in total. The SMILES string of the molecule is COC(=O)[C@H](C)[C@@H](O[C@H]1C[C@@](C)(OC)[C@@H](O)[C@H](C)O1)[C@H](C)[C@@H](O[C@@H]1O[C@H](C)C[C@H](N(C)C)[C@H]1O)[C@@](C)(O)C[C@@H](C)N. The van der Waals surface area contributed by atoms with Crippen LogP contribution in [0.25, 0.3) is 0 Å². The van der Waals surface area contributed by atoms with E-state index in [1.165, 1.54) is 14.2 Å². The fraction of sp³-hybridized carbons (Fsp3) is 0.966. The van der Waals surface area contributed by atoms with Crippen molar-refractivity contribution in [1.82, 2.24) is 4.90 Å². The third kappa shape index (κ3) is 8.81. The number of rotatable bonds is 13. The van der Waals surface area contributed by atoms with Crippen molar-refractivity contribution in [3.8, 4) is 0 Å². The van der Waals surface area contributed by atoms with Crippen molar-refractivity contribution >= 4 is 5.97 Å². The van der Waals surface area contributed by atoms with Crippen LogP contribution in [0, 0.1) is 11.8 Å². The summed E-state index contributed by atoms with van der Waals surface area (Å²) in [6.45, 7) is 12.3. The summed E-state index contributed by atoms with van der Waals surface area (Å²) < 4.78 is 35.7. The first kappa shape index (κ1) is 36.3. The topological polar surface area (TPSA) is 162 Å². The lowest BCUT2D eigenvalue weighted by molar-refractivity contribution is -0.317. The Morgan fingerprint density at radius 1 is 1.15 bits per heavy atom. The minimum absolute atomic E-state index is 0.168. The fourth-order valence-corrected chi connectivity index (χ4v) is 6.36. The summed E-state index contributed by atoms with van der Waals surface area (Å²) in [5, 5.41) is 33.7. The van der Waals surface area contributed by atoms with Gasteiger partial charge in [0.2, 0.25) is 0 Å². The van der Waals surface area contributed by atoms with Crippen molar-refractivity contribution in [3.63, 3.8) is 0 Å². The summed E-state index contributed by atoms with van der Waals surface area (Å²) in [5.74, 6) is -1.96. The first-order valence-corrected chi connectivity index (χ1v) is 14.6. The van der Waals surface area contributed by atoms with Crippen LogP contribution in [-0.2, 0) is 33.2 Å². The standard InChI is InChI=1S/C29H56N2O10/c1-15(30)13-28(6,35)25(41-27-22(32)20(31(8)9)12-16(2)38-27)17(3)23(18(4)26(34)36-10)40-21-14-29(7,37-11)24(33)19(5)39-21/h15-25,27,32-33,35H,12-14,30H2,1-11H3/t15-,16-,17+,18-,19+,20+,21+,22-,23+,24+,25-,27+,28+,29-/m1/s1. The van der Waals surface area contributed by atoms with Gasteiger partial charge in [-0.2, -0.15) is 0 Å². The number of carbonyl (C=O) groups excluding carboxylic acids is 1. The molecule has 2 aliphatic rings. The maximum Gasteiger partial charge on any atom is 0.311 e. The van der Waals surface area contributed by atoms with Crippen molar-refractivity contribution in [2.45, 2.75) is 140 Å². The lowest BCUT2D eigenvalue weighted by Gasteiger charge is -2.48. The molecule has 2 heterocycles. The number of nitrogens with two attached hydrogens (primary N) is 1. The van der Waals surface area contributed by atoms with E-state index < -0.39 is 72.1 Å². The molecule has 2 aliphatic heterocycles. The molecule has 0 aliphatic carbocycles. The van der Waals surface area contributed by atoms with Crippen LogP contribution in [0.15, 0.2) is 0 Å². The number of aliphatic hydroxyl groups is 3. The highest BCUT2D eigenvalue weighted by atomic mass is 16.7. The average molecular weight is 593 g/mol. The molecule has 2 rings (SSSR count). The van der Waals surface area contributed by atoms with Gasteiger partial charge in [0.1, 0.15) is 12.2 Å². The van der Waals surface area contributed by atoms with E-state index in [-0.39, 0.29) is 31.0 Å². The molecule has 242 valence electrons. The van der Waals surface area contributed by atoms with Gasteiger partial charge in [-0.1, -0.05) is 6.92 Å². The molecule has 14 atom stereocenters. The number of ether oxygens (including phenoxy) is 6. The molecule has 12 nitrogen and oxygen atoms in total. The van der Waals surface area contributed by atoms with Crippen LogP contribution in [0.4, 0.5) is 0 Å². The van der Waals surface area contributed by atoms with Gasteiger partial charge in [0.25, 0.3) is 0 Å². The van der Waals surface area contributed by atoms with E-state index in [4.69, 9.17) is 34.2 Å². The van der Waals surface area contributed by atoms with Crippen LogP contribution >= 0.6 is 0 Å². The summed E-state index contributed by atoms with van der Waals surface area (Å²) in [5.41, 5.74) is 3.68. The van der Waals surface area contributed by atoms with E-state index in [2.05, 4.69) is 0 Å². The minimum atomic E-state index is -1.50. The number of hydrogen-bond donors (Lipinski definition) is 4. The van der Waals surface area contributed by atoms with Gasteiger partial charge in [-0.25, -0.2) is 0 Å². The Hall–Kier alpha value is -0.930. The summed E-state index contributed by atoms with van der Waals surface area (Å²) in [4.78, 5) is 14.8. The zero-order valence-corrected chi connectivity index (χ0v) is 26.8. The lowest BCUT2D eigenvalue weighted by atomic mass is 9.79. The van der Waals surface area contributed by atoms with Gasteiger partial charge >= 0.3 is 5.97 Å². The lowest BCUT2D eigenvalue weighted by Crippen LogP contribution is -2.60. The van der Waals surface area contributed by atoms with Gasteiger partial charge in [0, 0.05) is 31.5 Å². The second-order valence-electron chi connectivity index (χ2n) is 12.9. The van der Waals surface area contributed by atoms with Crippen molar-refractivity contribution in [1.29, 1.82) is 0 Å². The highest BCUT2D eigenvalue weighted by Gasteiger charge is 2.51. The zero-order valence-electron chi connectivity index (χ0n) is 26.8. The monoisotopic (exact) mass is 592 g/mol. The molecule has 0 bridgehead atoms. The van der Waals surface area contributed by atoms with Gasteiger partial charge < -0.3 is 54.4 Å². The molecule has 0 amide bonds. The van der Waals surface area contributed by atoms with Crippen LogP contribution in [-0.4, -0.2) is 127 Å². The van der Waals surface area contributed by atoms with E-state index in [1.807, 2.05) is 32.8 Å². The van der Waals surface area contributed by atoms with Crippen LogP contribution in [0.5, 0.6) is 0 Å². The van der Waals surface area contributed by atoms with Gasteiger partial charge in [0.15, 0.2) is 12.6 Å². The second kappa shape index (κ2) is 14.7. The molecule has 0 radical (unpaired) electrons. The summed E-state index contributed by atoms with van der Waals surface area (Å²) in [6, 6.07) is -0.604. The number of nitrogens with zero attached hydrogens (tertiary/aromatic N) is 1. The Morgan fingerprint density at radius 2 is 1.76 bits per heavy atom. The van der Waals surface area contributed by atoms with Crippen molar-refractivity contribution < 1.29 is 48.5 Å². The molecule has 2 fully saturated rings. The first-order chi connectivity index (χ1) is 18.9. The van der Waals surface area contributed by atoms with Gasteiger partial charge in [-0.15, -0.1) is 0 Å². The molecule has 0 saturated carbocycles. The number of aliphatic hydroxyl groups excluding tert-OH is 2. The minimum Gasteiger partial charge on any atom is -0.469 e. The Bertz CT molecular complexity index is 829. The highest BCUT2D eigenvalue weighted by molar-refractivity contribution is 5.72. The largest absolute Gasteiger partial charge is 0.469 e. The molecule has 2 saturated heterocycles. The maximum atomic E-state index is 12.9. The molecule has 0 unspecified atom stereocenters. The number of esters is 1. The van der Waals surface area contributed by atoms with Gasteiger partial charge in [0.05, 0.1) is 48.6 Å². The molecular weight excluding hydrogens is 536 g/mol. The van der Waals surface area contributed by atoms with Crippen LogP contribution < -0.4 is 5.73 Å². The zero-order chi connectivity index (χ0) is 31.4. The predicted octanol–water partition coefficient (Wildman–Crippen LogP) is 1.02. The molecule has 0 aromatic carbocycles. The Balaban J connectivity index is 2.49. The number of likely N-dealkylation sites (N-methyl/N-ethyl adjacent to an activating group) is 1. The third-order valence-corrected chi connectivity index (χ3v) is 8.75. The summed E-state index contributed by atoms with van der Waals surface area (Å²) in [7, 11) is 6.58. The van der Waals surface area contributed by atoms with Gasteiger partial charge in [-0.3, -0.25) is 4.79 Å². The molecular formula is C29H56N2O10. The van der Waals surface area contributed by atoms with E-state index in [1.54, 1.807) is 34.6 Å². The Morgan fingerprint density at radius 3 is 2.27 bits per heavy atom. The Kier molecular flexibility index (Phi) is 13.0. The molecule has 41 heavy (non-hydrogen) atoms. The van der Waals surface area contributed by atoms with Crippen molar-refractivity contribution in [3.05, 3.63) is 0 Å². The molecule has 12 heteroatoms. The van der Waals surface area contributed by atoms with Crippen LogP contribution in [0.1, 0.15) is 67.7 Å². The quantitative estimate of drug-likeness (QED) is 0.225. The molecule has 0 aromatic heterocycles. The fourth-order valence-electron chi connectivity index (χ4n) is 6.36. The molecule has 0 aromatic rings. The van der Waals surface area contributed by atoms with E-state index in [0.29, 0.717) is 6.42 Å². The predicted molar refractivity (Wildman–Crippen MR) is 152 cm³/mol. The third-order valence-electron chi connectivity index (χ3n) is 8.75. The summed E-state index contributed by atoms with van der Waals surface area (Å²) >= 11 is 0. The van der Waals surface area contributed by atoms with Crippen LogP contribution in [0.3, 0.4) is 0 Å². The van der Waals surface area contributed by atoms with E-state index in [0.717, 1.165) is 0 Å². The summed E-state index contributed by atoms with van der Waals surface area (Å²) in [6.07, 6.45) is -5.47. The van der Waals surface area contributed by atoms with Crippen molar-refractivity contribution in [2.75, 3.05) is 28.3 Å². The normalized spacial score (nSPS) is 38.0. The number of methoxy groups -OCH3 is 2. The second-order valence-corrected chi connectivity index (χ2v) is 12.9. The average Bonchev–Trinajstić information content (AvgIpc) is 2.88. The molecule has 0 spiro atoms. The van der Waals surface area contributed by atoms with E-state index >= 15 is 0 Å².